The zero-order chi connectivity index (χ0) is 20.0. The van der Waals surface area contributed by atoms with Crippen LogP contribution in [0.15, 0.2) is 37.5 Å². The summed E-state index contributed by atoms with van der Waals surface area (Å²) >= 11 is 18.0. The fourth-order valence-electron chi connectivity index (χ4n) is 2.37. The van der Waals surface area contributed by atoms with E-state index >= 15 is 0 Å². The molecule has 1 N–H and O–H groups in total. The highest BCUT2D eigenvalue weighted by Crippen LogP contribution is 2.30. The van der Waals surface area contributed by atoms with Crippen LogP contribution in [0, 0.1) is 0 Å². The third-order valence-electron chi connectivity index (χ3n) is 3.76. The van der Waals surface area contributed by atoms with Crippen LogP contribution in [0.2, 0.25) is 15.1 Å². The fraction of sp³-hybridized carbons (Fsp3) is 0.133. The summed E-state index contributed by atoms with van der Waals surface area (Å²) in [4.78, 5) is 49.6. The number of aromatic amines is 1. The molecule has 1 aromatic carbocycles. The lowest BCUT2D eigenvalue weighted by molar-refractivity contribution is 0.634. The Morgan fingerprint density at radius 2 is 1.56 bits per heavy atom. The van der Waals surface area contributed by atoms with Crippen molar-refractivity contribution >= 4 is 34.8 Å². The number of rotatable bonds is 2. The van der Waals surface area contributed by atoms with E-state index in [1.165, 1.54) is 26.2 Å². The van der Waals surface area contributed by atoms with Gasteiger partial charge >= 0.3 is 11.2 Å². The van der Waals surface area contributed by atoms with Gasteiger partial charge in [-0.05, 0) is 12.1 Å². The lowest BCUT2D eigenvalue weighted by Gasteiger charge is -2.11. The number of benzene rings is 1. The van der Waals surface area contributed by atoms with E-state index in [-0.39, 0.29) is 26.3 Å². The summed E-state index contributed by atoms with van der Waals surface area (Å²) in [5, 5.41) is 6.53. The second-order valence-corrected chi connectivity index (χ2v) is 6.72. The normalized spacial score (nSPS) is 11.0. The molecule has 9 nitrogen and oxygen atoms in total. The molecular formula is C15H10Cl3N5O4. The summed E-state index contributed by atoms with van der Waals surface area (Å²) in [6.45, 7) is 0. The van der Waals surface area contributed by atoms with Crippen LogP contribution in [-0.4, -0.2) is 24.1 Å². The molecule has 0 aliphatic rings. The molecule has 0 amide bonds. The molecule has 3 rings (SSSR count). The minimum absolute atomic E-state index is 0.0152. The zero-order valence-electron chi connectivity index (χ0n) is 13.8. The van der Waals surface area contributed by atoms with Crippen LogP contribution in [-0.2, 0) is 14.1 Å². The van der Waals surface area contributed by atoms with E-state index in [1.54, 1.807) is 0 Å². The molecule has 140 valence electrons. The topological polar surface area (TPSA) is 112 Å². The van der Waals surface area contributed by atoms with Gasteiger partial charge in [0, 0.05) is 20.3 Å². The van der Waals surface area contributed by atoms with Crippen LogP contribution in [0.4, 0.5) is 0 Å². The van der Waals surface area contributed by atoms with Gasteiger partial charge < -0.3 is 5.10 Å². The number of nitrogens with zero attached hydrogens (tertiary/aromatic N) is 4. The highest BCUT2D eigenvalue weighted by molar-refractivity contribution is 6.43. The summed E-state index contributed by atoms with van der Waals surface area (Å²) in [6, 6.07) is 2.52. The van der Waals surface area contributed by atoms with Crippen molar-refractivity contribution in [1.82, 2.24) is 24.1 Å². The van der Waals surface area contributed by atoms with Gasteiger partial charge in [0.25, 0.3) is 11.0 Å². The summed E-state index contributed by atoms with van der Waals surface area (Å²) in [6.07, 6.45) is 1.15. The molecule has 12 heteroatoms. The van der Waals surface area contributed by atoms with Crippen LogP contribution >= 0.6 is 34.8 Å². The largest absolute Gasteiger partial charge is 0.351 e. The maximum atomic E-state index is 12.9. The SMILES string of the molecule is Cn1nc(-c2c[nH]n(C)c(=O)c2=O)c(=O)n(-c2cc(Cl)c(Cl)cc2Cl)c1=O. The van der Waals surface area contributed by atoms with Crippen LogP contribution in [0.25, 0.3) is 16.9 Å². The number of aryl methyl sites for hydroxylation is 2. The highest BCUT2D eigenvalue weighted by atomic mass is 35.5. The molecule has 2 aromatic heterocycles. The summed E-state index contributed by atoms with van der Waals surface area (Å²) in [5.74, 6) is 0. The summed E-state index contributed by atoms with van der Waals surface area (Å²) < 4.78 is 2.48. The Morgan fingerprint density at radius 3 is 2.22 bits per heavy atom. The second kappa shape index (κ2) is 6.84. The molecule has 0 aliphatic heterocycles. The van der Waals surface area contributed by atoms with Gasteiger partial charge in [0.15, 0.2) is 5.69 Å². The van der Waals surface area contributed by atoms with Gasteiger partial charge in [-0.15, -0.1) is 0 Å². The molecule has 0 radical (unpaired) electrons. The van der Waals surface area contributed by atoms with Gasteiger partial charge in [0.1, 0.15) is 0 Å². The number of hydrogen-bond donors (Lipinski definition) is 1. The maximum Gasteiger partial charge on any atom is 0.351 e. The molecule has 2 heterocycles. The van der Waals surface area contributed by atoms with Crippen LogP contribution in [0.1, 0.15) is 0 Å². The number of hydrogen-bond acceptors (Lipinski definition) is 5. The Hall–Kier alpha value is -2.62. The molecule has 0 spiro atoms. The summed E-state index contributed by atoms with van der Waals surface area (Å²) in [7, 11) is 2.62. The number of nitrogens with one attached hydrogen (secondary N) is 1. The molecule has 0 fully saturated rings. The van der Waals surface area contributed by atoms with Crippen molar-refractivity contribution in [3.8, 4) is 16.9 Å². The van der Waals surface area contributed by atoms with Crippen molar-refractivity contribution in [3.05, 3.63) is 74.8 Å². The van der Waals surface area contributed by atoms with E-state index in [0.717, 1.165) is 15.6 Å². The Labute approximate surface area is 164 Å². The quantitative estimate of drug-likeness (QED) is 0.480. The minimum Gasteiger partial charge on any atom is -0.302 e. The monoisotopic (exact) mass is 429 g/mol. The molecule has 27 heavy (non-hydrogen) atoms. The number of aromatic nitrogens is 5. The van der Waals surface area contributed by atoms with E-state index in [9.17, 15) is 19.2 Å². The maximum absolute atomic E-state index is 12.9. The Balaban J connectivity index is 2.44. The van der Waals surface area contributed by atoms with Crippen molar-refractivity contribution in [3.63, 3.8) is 0 Å². The van der Waals surface area contributed by atoms with Crippen molar-refractivity contribution in [1.29, 1.82) is 0 Å². The highest BCUT2D eigenvalue weighted by Gasteiger charge is 2.20. The van der Waals surface area contributed by atoms with E-state index in [2.05, 4.69) is 10.2 Å². The van der Waals surface area contributed by atoms with Crippen LogP contribution < -0.4 is 22.2 Å². The predicted molar refractivity (Wildman–Crippen MR) is 101 cm³/mol. The fourth-order valence-corrected chi connectivity index (χ4v) is 2.99. The lowest BCUT2D eigenvalue weighted by Crippen LogP contribution is -2.42. The van der Waals surface area contributed by atoms with Crippen molar-refractivity contribution < 1.29 is 0 Å². The third-order valence-corrected chi connectivity index (χ3v) is 4.78. The molecule has 0 atom stereocenters. The molecule has 0 saturated heterocycles. The average molecular weight is 431 g/mol. The minimum atomic E-state index is -0.953. The first-order chi connectivity index (χ1) is 12.6. The van der Waals surface area contributed by atoms with Gasteiger partial charge in [-0.2, -0.15) is 5.10 Å². The van der Waals surface area contributed by atoms with Crippen molar-refractivity contribution in [2.75, 3.05) is 0 Å². The molecule has 0 unspecified atom stereocenters. The van der Waals surface area contributed by atoms with Gasteiger partial charge in [-0.1, -0.05) is 34.8 Å². The van der Waals surface area contributed by atoms with Crippen molar-refractivity contribution in [2.24, 2.45) is 14.1 Å². The lowest BCUT2D eigenvalue weighted by atomic mass is 10.2. The summed E-state index contributed by atoms with van der Waals surface area (Å²) in [5.41, 5.74) is -4.35. The molecule has 0 aliphatic carbocycles. The second-order valence-electron chi connectivity index (χ2n) is 5.49. The Bertz CT molecular complexity index is 1320. The van der Waals surface area contributed by atoms with Crippen LogP contribution in [0.3, 0.4) is 0 Å². The molecular weight excluding hydrogens is 421 g/mol. The van der Waals surface area contributed by atoms with E-state index in [4.69, 9.17) is 34.8 Å². The average Bonchev–Trinajstić information content (AvgIpc) is 2.61. The first-order valence-electron chi connectivity index (χ1n) is 7.28. The zero-order valence-corrected chi connectivity index (χ0v) is 16.1. The van der Waals surface area contributed by atoms with Crippen LogP contribution in [0.5, 0.6) is 0 Å². The Morgan fingerprint density at radius 1 is 0.926 bits per heavy atom. The third kappa shape index (κ3) is 3.14. The Kier molecular flexibility index (Phi) is 4.85. The molecule has 0 bridgehead atoms. The van der Waals surface area contributed by atoms with E-state index in [1.807, 2.05) is 0 Å². The van der Waals surface area contributed by atoms with Crippen molar-refractivity contribution in [2.45, 2.75) is 0 Å². The van der Waals surface area contributed by atoms with Gasteiger partial charge in [-0.3, -0.25) is 19.1 Å². The number of H-pyrrole nitrogens is 1. The molecule has 3 aromatic rings. The van der Waals surface area contributed by atoms with Gasteiger partial charge in [0.2, 0.25) is 0 Å². The standard InChI is InChI=1S/C15H10Cl3N5O4/c1-21-14(26)12(24)6(5-19-21)11-13(25)23(15(27)22(2)20-11)10-4-8(17)7(16)3-9(10)18/h3-5,19H,1-2H3. The first-order valence-corrected chi connectivity index (χ1v) is 8.41. The first kappa shape index (κ1) is 19.2. The molecule has 0 saturated carbocycles. The van der Waals surface area contributed by atoms with E-state index in [0.29, 0.717) is 4.57 Å². The smallest absolute Gasteiger partial charge is 0.302 e. The number of halogens is 3. The van der Waals surface area contributed by atoms with Gasteiger partial charge in [-0.25, -0.2) is 14.0 Å². The predicted octanol–water partition coefficient (Wildman–Crippen LogP) is 0.945. The van der Waals surface area contributed by atoms with Gasteiger partial charge in [0.05, 0.1) is 26.3 Å². The van der Waals surface area contributed by atoms with E-state index < -0.39 is 27.9 Å².